The predicted octanol–water partition coefficient (Wildman–Crippen LogP) is 9.78. The Morgan fingerprint density at radius 2 is 1.15 bits per heavy atom. The highest BCUT2D eigenvalue weighted by molar-refractivity contribution is 6.33. The second-order valence-electron chi connectivity index (χ2n) is 12.1. The Morgan fingerprint density at radius 1 is 0.447 bits per heavy atom. The van der Waals surface area contributed by atoms with Crippen molar-refractivity contribution in [3.63, 3.8) is 0 Å². The molecule has 0 N–H and O–H groups in total. The van der Waals surface area contributed by atoms with Gasteiger partial charge in [0.2, 0.25) is 0 Å². The van der Waals surface area contributed by atoms with Crippen molar-refractivity contribution >= 4 is 82.1 Å². The minimum Gasteiger partial charge on any atom is -0.309 e. The van der Waals surface area contributed by atoms with Crippen LogP contribution >= 0.6 is 0 Å². The van der Waals surface area contributed by atoms with E-state index in [-0.39, 0.29) is 0 Å². The molecule has 0 unspecified atom stereocenters. The van der Waals surface area contributed by atoms with E-state index in [1.165, 1.54) is 38.1 Å². The number of fused-ring (bicyclic) bond motifs is 16. The van der Waals surface area contributed by atoms with Crippen molar-refractivity contribution in [1.29, 1.82) is 0 Å². The monoisotopic (exact) mass is 600 g/mol. The van der Waals surface area contributed by atoms with Crippen LogP contribution in [0, 0.1) is 0 Å². The molecular formula is C41H24N6. The van der Waals surface area contributed by atoms with Gasteiger partial charge in [-0.05, 0) is 66.7 Å². The van der Waals surface area contributed by atoms with Gasteiger partial charge in [0.25, 0.3) is 0 Å². The Kier molecular flexibility index (Phi) is 4.75. The van der Waals surface area contributed by atoms with Crippen LogP contribution in [0.3, 0.4) is 0 Å². The quantitative estimate of drug-likeness (QED) is 0.186. The molecule has 0 aliphatic rings. The van der Waals surface area contributed by atoms with Crippen molar-refractivity contribution in [3.8, 4) is 11.4 Å². The number of rotatable bonds is 2. The van der Waals surface area contributed by atoms with Gasteiger partial charge in [-0.2, -0.15) is 0 Å². The Morgan fingerprint density at radius 3 is 1.98 bits per heavy atom. The fourth-order valence-corrected chi connectivity index (χ4v) is 7.91. The highest BCUT2D eigenvalue weighted by Gasteiger charge is 2.24. The average Bonchev–Trinajstić information content (AvgIpc) is 3.80. The summed E-state index contributed by atoms with van der Waals surface area (Å²) in [7, 11) is 0. The van der Waals surface area contributed by atoms with Crippen LogP contribution < -0.4 is 0 Å². The first kappa shape index (κ1) is 24.8. The van der Waals surface area contributed by atoms with Crippen LogP contribution in [0.2, 0.25) is 0 Å². The molecule has 11 rings (SSSR count). The van der Waals surface area contributed by atoms with Gasteiger partial charge in [-0.1, -0.05) is 60.7 Å². The molecule has 6 heterocycles. The minimum absolute atomic E-state index is 0.863. The Labute approximate surface area is 267 Å². The van der Waals surface area contributed by atoms with Gasteiger partial charge in [0.15, 0.2) is 0 Å². The zero-order valence-electron chi connectivity index (χ0n) is 25.0. The lowest BCUT2D eigenvalue weighted by molar-refractivity contribution is 1.17. The number of hydrogen-bond donors (Lipinski definition) is 0. The summed E-state index contributed by atoms with van der Waals surface area (Å²) in [5.74, 6) is 0. The fourth-order valence-electron chi connectivity index (χ4n) is 7.91. The molecule has 6 nitrogen and oxygen atoms in total. The zero-order valence-corrected chi connectivity index (χ0v) is 25.0. The van der Waals surface area contributed by atoms with Crippen LogP contribution in [-0.2, 0) is 0 Å². The van der Waals surface area contributed by atoms with Gasteiger partial charge in [0, 0.05) is 56.1 Å². The first-order chi connectivity index (χ1) is 23.4. The molecular weight excluding hydrogens is 576 g/mol. The molecule has 0 saturated heterocycles. The lowest BCUT2D eigenvalue weighted by Crippen LogP contribution is -1.96. The molecule has 0 saturated carbocycles. The lowest BCUT2D eigenvalue weighted by Gasteiger charge is -2.11. The van der Waals surface area contributed by atoms with Crippen LogP contribution in [0.15, 0.2) is 146 Å². The van der Waals surface area contributed by atoms with Crippen molar-refractivity contribution in [1.82, 2.24) is 28.5 Å². The number of benzene rings is 5. The van der Waals surface area contributed by atoms with E-state index in [4.69, 9.17) is 9.97 Å². The predicted molar refractivity (Wildman–Crippen MR) is 192 cm³/mol. The first-order valence-corrected chi connectivity index (χ1v) is 15.8. The Balaban J connectivity index is 1.45. The van der Waals surface area contributed by atoms with Gasteiger partial charge in [-0.15, -0.1) is 0 Å². The Bertz CT molecular complexity index is 3060. The second kappa shape index (κ2) is 9.02. The van der Waals surface area contributed by atoms with E-state index in [0.717, 1.165) is 55.4 Å². The highest BCUT2D eigenvalue weighted by Crippen LogP contribution is 2.45. The summed E-state index contributed by atoms with van der Waals surface area (Å²) in [4.78, 5) is 14.6. The number of hydrogen-bond acceptors (Lipinski definition) is 3. The molecule has 0 bridgehead atoms. The molecule has 47 heavy (non-hydrogen) atoms. The van der Waals surface area contributed by atoms with E-state index in [9.17, 15) is 0 Å². The van der Waals surface area contributed by atoms with E-state index in [1.54, 1.807) is 0 Å². The highest BCUT2D eigenvalue weighted by atomic mass is 15.0. The molecule has 0 aliphatic heterocycles. The summed E-state index contributed by atoms with van der Waals surface area (Å²) >= 11 is 0. The van der Waals surface area contributed by atoms with E-state index in [0.29, 0.717) is 0 Å². The molecule has 0 atom stereocenters. The summed E-state index contributed by atoms with van der Waals surface area (Å²) in [6.45, 7) is 0. The fraction of sp³-hybridized carbons (Fsp3) is 0. The summed E-state index contributed by atoms with van der Waals surface area (Å²) in [6, 6.07) is 45.4. The van der Waals surface area contributed by atoms with Crippen LogP contribution in [0.4, 0.5) is 0 Å². The standard InChI is InChI=1S/C41H24N6/c1-3-10-25(11-4-1)45-31-15-8-7-14-27(31)37-34(45)20-18-29-36-33(46(40(29)37)26-12-5-2-6-13-26)19-17-28-38(36)41-44-30-24-42-23-21-32(30)47(41)35-16-9-22-43-39(28)35/h1-24H. The summed E-state index contributed by atoms with van der Waals surface area (Å²) in [5.41, 5.74) is 11.7. The van der Waals surface area contributed by atoms with Gasteiger partial charge < -0.3 is 9.13 Å². The molecule has 6 aromatic heterocycles. The van der Waals surface area contributed by atoms with Crippen molar-refractivity contribution in [3.05, 3.63) is 146 Å². The Hall–Kier alpha value is -6.53. The first-order valence-electron chi connectivity index (χ1n) is 15.8. The van der Waals surface area contributed by atoms with Gasteiger partial charge in [0.1, 0.15) is 11.2 Å². The smallest absolute Gasteiger partial charge is 0.147 e. The molecule has 5 aromatic carbocycles. The topological polar surface area (TPSA) is 52.9 Å². The number of pyridine rings is 3. The van der Waals surface area contributed by atoms with Gasteiger partial charge >= 0.3 is 0 Å². The van der Waals surface area contributed by atoms with E-state index in [2.05, 4.69) is 134 Å². The summed E-state index contributed by atoms with van der Waals surface area (Å²) in [5, 5.41) is 6.97. The summed E-state index contributed by atoms with van der Waals surface area (Å²) in [6.07, 6.45) is 5.57. The van der Waals surface area contributed by atoms with Crippen molar-refractivity contribution in [2.45, 2.75) is 0 Å². The van der Waals surface area contributed by atoms with Gasteiger partial charge in [0.05, 0.1) is 44.8 Å². The largest absolute Gasteiger partial charge is 0.309 e. The maximum atomic E-state index is 5.25. The molecule has 6 heteroatoms. The van der Waals surface area contributed by atoms with E-state index in [1.807, 2.05) is 30.7 Å². The van der Waals surface area contributed by atoms with Crippen LogP contribution in [0.1, 0.15) is 0 Å². The van der Waals surface area contributed by atoms with E-state index >= 15 is 0 Å². The summed E-state index contributed by atoms with van der Waals surface area (Å²) < 4.78 is 7.09. The van der Waals surface area contributed by atoms with Gasteiger partial charge in [-0.3, -0.25) is 14.4 Å². The van der Waals surface area contributed by atoms with E-state index < -0.39 is 0 Å². The number of nitrogens with zero attached hydrogens (tertiary/aromatic N) is 6. The minimum atomic E-state index is 0.863. The average molecular weight is 601 g/mol. The molecule has 0 radical (unpaired) electrons. The third-order valence-corrected chi connectivity index (χ3v) is 9.72. The number of para-hydroxylation sites is 3. The SMILES string of the molecule is c1ccc(-n2c3ccccc3c3c2ccc2c4c5c(ccc4n(-c4ccccc4)c23)c2ncccc2n2c3ccncc3nc52)cc1. The van der Waals surface area contributed by atoms with Crippen molar-refractivity contribution in [2.75, 3.05) is 0 Å². The van der Waals surface area contributed by atoms with Crippen molar-refractivity contribution in [2.24, 2.45) is 0 Å². The number of imidazole rings is 1. The molecule has 0 amide bonds. The third-order valence-electron chi connectivity index (χ3n) is 9.72. The lowest BCUT2D eigenvalue weighted by atomic mass is 10.0. The van der Waals surface area contributed by atoms with Crippen molar-refractivity contribution < 1.29 is 0 Å². The van der Waals surface area contributed by atoms with Crippen LogP contribution in [0.25, 0.3) is 93.5 Å². The molecule has 0 spiro atoms. The third kappa shape index (κ3) is 3.16. The van der Waals surface area contributed by atoms with Crippen LogP contribution in [0.5, 0.6) is 0 Å². The van der Waals surface area contributed by atoms with Crippen LogP contribution in [-0.4, -0.2) is 28.5 Å². The molecule has 218 valence electrons. The maximum Gasteiger partial charge on any atom is 0.147 e. The molecule has 0 aliphatic carbocycles. The second-order valence-corrected chi connectivity index (χ2v) is 12.1. The molecule has 0 fully saturated rings. The maximum absolute atomic E-state index is 5.25. The normalized spacial score (nSPS) is 12.3. The van der Waals surface area contributed by atoms with Gasteiger partial charge in [-0.25, -0.2) is 4.98 Å². The molecule has 11 aromatic rings. The zero-order chi connectivity index (χ0) is 30.6. The number of aromatic nitrogens is 6.